The number of anilines is 3. The molecule has 3 amide bonds. The van der Waals surface area contributed by atoms with Crippen LogP contribution in [0.2, 0.25) is 0 Å². The first kappa shape index (κ1) is 35.5. The molecular weight excluding hydrogens is 656 g/mol. The molecule has 2 unspecified atom stereocenters. The van der Waals surface area contributed by atoms with E-state index < -0.39 is 52.4 Å². The minimum absolute atomic E-state index is 0.0794. The topological polar surface area (TPSA) is 159 Å². The average Bonchev–Trinajstić information content (AvgIpc) is 3.59. The lowest BCUT2D eigenvalue weighted by Crippen LogP contribution is -2.49. The number of pyridine rings is 1. The van der Waals surface area contributed by atoms with Gasteiger partial charge < -0.3 is 25.0 Å². The normalized spacial score (nSPS) is 17.5. The van der Waals surface area contributed by atoms with Gasteiger partial charge in [0, 0.05) is 24.7 Å². The Morgan fingerprint density at radius 1 is 1.02 bits per heavy atom. The van der Waals surface area contributed by atoms with E-state index in [1.807, 2.05) is 4.90 Å². The number of ether oxygens (including phenoxy) is 2. The summed E-state index contributed by atoms with van der Waals surface area (Å²) in [4.78, 5) is 50.2. The van der Waals surface area contributed by atoms with Gasteiger partial charge in [0.25, 0.3) is 5.91 Å². The second-order valence-electron chi connectivity index (χ2n) is 13.9. The van der Waals surface area contributed by atoms with Crippen LogP contribution >= 0.6 is 11.3 Å². The Bertz CT molecular complexity index is 1790. The van der Waals surface area contributed by atoms with Gasteiger partial charge in [0.05, 0.1) is 40.8 Å². The number of hydrogen-bond donors (Lipinski definition) is 3. The molecule has 15 heteroatoms. The summed E-state index contributed by atoms with van der Waals surface area (Å²) >= 11 is 0.721. The molecule has 49 heavy (non-hydrogen) atoms. The summed E-state index contributed by atoms with van der Waals surface area (Å²) < 4.78 is 40.4. The van der Waals surface area contributed by atoms with Gasteiger partial charge in [-0.15, -0.1) is 0 Å². The van der Waals surface area contributed by atoms with Gasteiger partial charge in [0.1, 0.15) is 32.8 Å². The third-order valence-corrected chi connectivity index (χ3v) is 8.68. The summed E-state index contributed by atoms with van der Waals surface area (Å²) in [5.74, 6) is -2.97. The molecule has 2 aromatic heterocycles. The molecule has 1 saturated heterocycles. The van der Waals surface area contributed by atoms with Crippen molar-refractivity contribution in [3.8, 4) is 16.6 Å². The fourth-order valence-electron chi connectivity index (χ4n) is 5.83. The molecule has 1 fully saturated rings. The first-order valence-corrected chi connectivity index (χ1v) is 16.8. The highest BCUT2D eigenvalue weighted by atomic mass is 32.1. The molecule has 1 aliphatic carbocycles. The third-order valence-electron chi connectivity index (χ3n) is 7.69. The van der Waals surface area contributed by atoms with Crippen LogP contribution in [0.1, 0.15) is 88.5 Å². The van der Waals surface area contributed by atoms with Crippen LogP contribution in [-0.2, 0) is 15.9 Å². The van der Waals surface area contributed by atoms with Crippen LogP contribution in [0.3, 0.4) is 0 Å². The lowest BCUT2D eigenvalue weighted by molar-refractivity contribution is 0.0499. The van der Waals surface area contributed by atoms with Gasteiger partial charge in [-0.1, -0.05) is 17.4 Å². The van der Waals surface area contributed by atoms with Crippen molar-refractivity contribution in [3.05, 3.63) is 53.0 Å². The minimum Gasteiger partial charge on any atom is -0.444 e. The highest BCUT2D eigenvalue weighted by Gasteiger charge is 2.34. The second-order valence-corrected chi connectivity index (χ2v) is 14.9. The molecule has 2 aliphatic rings. The van der Waals surface area contributed by atoms with Crippen LogP contribution in [0.25, 0.3) is 10.6 Å². The zero-order chi connectivity index (χ0) is 35.7. The van der Waals surface area contributed by atoms with Crippen LogP contribution in [0.4, 0.5) is 34.7 Å². The van der Waals surface area contributed by atoms with Gasteiger partial charge in [0.15, 0.2) is 5.69 Å². The number of aromatic nitrogens is 2. The van der Waals surface area contributed by atoms with Crippen molar-refractivity contribution in [2.45, 2.75) is 90.4 Å². The van der Waals surface area contributed by atoms with Crippen molar-refractivity contribution < 1.29 is 32.6 Å². The van der Waals surface area contributed by atoms with Gasteiger partial charge in [0.2, 0.25) is 0 Å². The predicted octanol–water partition coefficient (Wildman–Crippen LogP) is 7.13. The number of rotatable bonds is 6. The smallest absolute Gasteiger partial charge is 0.412 e. The predicted molar refractivity (Wildman–Crippen MR) is 181 cm³/mol. The number of nitriles is 1. The van der Waals surface area contributed by atoms with Crippen LogP contribution in [-0.4, -0.2) is 58.4 Å². The fourth-order valence-corrected chi connectivity index (χ4v) is 6.82. The summed E-state index contributed by atoms with van der Waals surface area (Å²) in [6.45, 7) is 11.4. The first-order chi connectivity index (χ1) is 23.0. The van der Waals surface area contributed by atoms with E-state index in [-0.39, 0.29) is 21.7 Å². The van der Waals surface area contributed by atoms with E-state index in [9.17, 15) is 28.4 Å². The molecule has 0 bridgehead atoms. The molecule has 2 atom stereocenters. The van der Waals surface area contributed by atoms with Crippen molar-refractivity contribution >= 4 is 45.8 Å². The minimum atomic E-state index is -0.888. The lowest BCUT2D eigenvalue weighted by Gasteiger charge is -2.37. The summed E-state index contributed by atoms with van der Waals surface area (Å²) in [5.41, 5.74) is 0.126. The maximum atomic E-state index is 14.8. The van der Waals surface area contributed by atoms with Crippen molar-refractivity contribution in [3.63, 3.8) is 0 Å². The van der Waals surface area contributed by atoms with Crippen molar-refractivity contribution in [2.75, 3.05) is 28.6 Å². The van der Waals surface area contributed by atoms with Crippen molar-refractivity contribution in [2.24, 2.45) is 0 Å². The number of halogens is 2. The number of piperidine rings is 1. The zero-order valence-electron chi connectivity index (χ0n) is 28.2. The molecule has 1 aliphatic heterocycles. The molecule has 12 nitrogen and oxygen atoms in total. The highest BCUT2D eigenvalue weighted by molar-refractivity contribution is 7.19. The number of hydrogen-bond acceptors (Lipinski definition) is 10. The first-order valence-electron chi connectivity index (χ1n) is 16.0. The SMILES string of the molecule is CC(C)(C)OC(=O)Nc1sc(-c2c(F)cccc2F)nc1C(=O)Nc1cnc2c(c1N1CCCC(NC(=O)OC(C)(C)C)C1)CCC2C#N. The van der Waals surface area contributed by atoms with Crippen molar-refractivity contribution in [1.82, 2.24) is 15.3 Å². The number of thiazole rings is 1. The number of fused-ring (bicyclic) bond motifs is 1. The van der Waals surface area contributed by atoms with Gasteiger partial charge in [-0.05, 0) is 79.4 Å². The maximum Gasteiger partial charge on any atom is 0.412 e. The molecule has 0 radical (unpaired) electrons. The molecule has 0 saturated carbocycles. The van der Waals surface area contributed by atoms with E-state index in [1.165, 1.54) is 12.3 Å². The number of carbonyl (C=O) groups is 3. The Kier molecular flexibility index (Phi) is 10.1. The molecule has 3 heterocycles. The third kappa shape index (κ3) is 8.43. The number of benzene rings is 1. The molecular formula is C34H39F2N7O5S. The van der Waals surface area contributed by atoms with Gasteiger partial charge >= 0.3 is 12.2 Å². The van der Waals surface area contributed by atoms with E-state index >= 15 is 0 Å². The number of amides is 3. The van der Waals surface area contributed by atoms with E-state index in [0.717, 1.165) is 35.5 Å². The Hall–Kier alpha value is -4.84. The molecule has 5 rings (SSSR count). The van der Waals surface area contributed by atoms with Crippen LogP contribution in [0.15, 0.2) is 24.4 Å². The molecule has 3 N–H and O–H groups in total. The standard InChI is InChI=1S/C34H39F2N7O5S/c1-33(2,3)47-31(45)39-19-9-8-14-43(17-19)27-20-13-12-18(15-37)25(20)38-16-23(27)40-28(44)26-30(42-32(46)48-34(4,5)6)49-29(41-26)24-21(35)10-7-11-22(24)36/h7,10-11,16,18-19H,8-9,12-14,17H2,1-6H3,(H,39,45)(H,40,44)(H,42,46). The van der Waals surface area contributed by atoms with E-state index in [1.54, 1.807) is 41.5 Å². The van der Waals surface area contributed by atoms with Gasteiger partial charge in [-0.25, -0.2) is 23.4 Å². The fraction of sp³-hybridized carbons (Fsp3) is 0.471. The van der Waals surface area contributed by atoms with Gasteiger partial charge in [-0.3, -0.25) is 15.1 Å². The summed E-state index contributed by atoms with van der Waals surface area (Å²) in [5, 5.41) is 17.8. The second kappa shape index (κ2) is 13.9. The monoisotopic (exact) mass is 695 g/mol. The van der Waals surface area contributed by atoms with Crippen LogP contribution in [0, 0.1) is 23.0 Å². The molecule has 3 aromatic rings. The maximum absolute atomic E-state index is 14.8. The Labute approximate surface area is 287 Å². The Balaban J connectivity index is 1.50. The van der Waals surface area contributed by atoms with E-state index in [4.69, 9.17) is 9.47 Å². The zero-order valence-corrected chi connectivity index (χ0v) is 29.0. The van der Waals surface area contributed by atoms with Crippen molar-refractivity contribution in [1.29, 1.82) is 5.26 Å². The molecule has 0 spiro atoms. The summed E-state index contributed by atoms with van der Waals surface area (Å²) in [6, 6.07) is 5.39. The van der Waals surface area contributed by atoms with Crippen LogP contribution < -0.4 is 20.9 Å². The Morgan fingerprint density at radius 2 is 1.69 bits per heavy atom. The largest absolute Gasteiger partial charge is 0.444 e. The molecule has 1 aromatic carbocycles. The summed E-state index contributed by atoms with van der Waals surface area (Å²) in [7, 11) is 0. The van der Waals surface area contributed by atoms with Crippen LogP contribution in [0.5, 0.6) is 0 Å². The quantitative estimate of drug-likeness (QED) is 0.244. The molecule has 260 valence electrons. The average molecular weight is 696 g/mol. The highest BCUT2D eigenvalue weighted by Crippen LogP contribution is 2.43. The number of nitrogens with one attached hydrogen (secondary N) is 3. The number of alkyl carbamates (subject to hydrolysis) is 1. The summed E-state index contributed by atoms with van der Waals surface area (Å²) in [6.07, 6.45) is 2.58. The lowest BCUT2D eigenvalue weighted by atomic mass is 10.0. The van der Waals surface area contributed by atoms with Gasteiger partial charge in [-0.2, -0.15) is 5.26 Å². The number of carbonyl (C=O) groups excluding carboxylic acids is 3. The van der Waals surface area contributed by atoms with E-state index in [0.29, 0.717) is 49.4 Å². The van der Waals surface area contributed by atoms with E-state index in [2.05, 4.69) is 32.0 Å². The Morgan fingerprint density at radius 3 is 2.35 bits per heavy atom. The number of nitrogens with zero attached hydrogens (tertiary/aromatic N) is 4.